The van der Waals surface area contributed by atoms with E-state index in [2.05, 4.69) is 22.1 Å². The van der Waals surface area contributed by atoms with E-state index in [1.807, 2.05) is 13.1 Å². The van der Waals surface area contributed by atoms with Crippen LogP contribution in [0.3, 0.4) is 0 Å². The smallest absolute Gasteiger partial charge is 0.373 e. The summed E-state index contributed by atoms with van der Waals surface area (Å²) in [6.07, 6.45) is -1.64. The third-order valence-corrected chi connectivity index (χ3v) is 4.59. The lowest BCUT2D eigenvalue weighted by molar-refractivity contribution is -0.0615. The Bertz CT molecular complexity index is 537. The van der Waals surface area contributed by atoms with Gasteiger partial charge in [-0.2, -0.15) is 13.2 Å². The fourth-order valence-corrected chi connectivity index (χ4v) is 3.59. The number of likely N-dealkylation sites (tertiary alicyclic amines) is 1. The third-order valence-electron chi connectivity index (χ3n) is 4.26. The molecule has 2 aliphatic rings. The number of allylic oxidation sites excluding steroid dienone is 2. The summed E-state index contributed by atoms with van der Waals surface area (Å²) in [5.74, 6) is -0.110. The van der Waals surface area contributed by atoms with Gasteiger partial charge in [0.2, 0.25) is 0 Å². The molecule has 0 bridgehead atoms. The van der Waals surface area contributed by atoms with Crippen molar-refractivity contribution in [2.45, 2.75) is 32.5 Å². The Hall–Kier alpha value is -1.01. The standard InChI is InChI=1S/C15H21ClF3N3/c1-8-5-10(22(4)7-8)6-11(16)12-9(2)13(15(17,18)19)21-14(12)20-3/h6,8-10,20H,5,7H2,1-4H3/b11-6-. The van der Waals surface area contributed by atoms with Crippen LogP contribution in [-0.2, 0) is 0 Å². The maximum absolute atomic E-state index is 13.0. The van der Waals surface area contributed by atoms with Crippen molar-refractivity contribution in [1.82, 2.24) is 10.2 Å². The fraction of sp³-hybridized carbons (Fsp3) is 0.667. The van der Waals surface area contributed by atoms with Crippen LogP contribution in [0.2, 0.25) is 0 Å². The maximum atomic E-state index is 13.0. The molecule has 0 aromatic rings. The lowest BCUT2D eigenvalue weighted by Crippen LogP contribution is -2.28. The molecule has 0 saturated carbocycles. The number of aliphatic imine (C=N–C) groups is 1. The zero-order valence-electron chi connectivity index (χ0n) is 13.1. The van der Waals surface area contributed by atoms with Crippen LogP contribution in [0.15, 0.2) is 27.5 Å². The van der Waals surface area contributed by atoms with Crippen molar-refractivity contribution in [3.63, 3.8) is 0 Å². The van der Waals surface area contributed by atoms with E-state index in [1.165, 1.54) is 6.92 Å². The minimum Gasteiger partial charge on any atom is -0.373 e. The minimum absolute atomic E-state index is 0.148. The SMILES string of the molecule is CNC1=C(/C(Cl)=C/C2CC(C)CN2C)C(C)C(C(F)(F)F)=N1. The van der Waals surface area contributed by atoms with E-state index in [0.29, 0.717) is 16.5 Å². The van der Waals surface area contributed by atoms with Crippen LogP contribution < -0.4 is 5.32 Å². The molecule has 0 aromatic heterocycles. The van der Waals surface area contributed by atoms with Crippen molar-refractivity contribution in [2.24, 2.45) is 16.8 Å². The van der Waals surface area contributed by atoms with Crippen LogP contribution in [0, 0.1) is 11.8 Å². The molecule has 2 heterocycles. The number of nitrogens with one attached hydrogen (secondary N) is 1. The van der Waals surface area contributed by atoms with E-state index >= 15 is 0 Å². The first-order chi connectivity index (χ1) is 10.1. The summed E-state index contributed by atoms with van der Waals surface area (Å²) in [5.41, 5.74) is -0.379. The molecule has 2 rings (SSSR count). The highest BCUT2D eigenvalue weighted by Gasteiger charge is 2.44. The number of rotatable bonds is 3. The molecule has 3 atom stereocenters. The second kappa shape index (κ2) is 6.24. The molecule has 124 valence electrons. The molecular weight excluding hydrogens is 315 g/mol. The van der Waals surface area contributed by atoms with Gasteiger partial charge < -0.3 is 5.32 Å². The fourth-order valence-electron chi connectivity index (χ4n) is 3.19. The van der Waals surface area contributed by atoms with Gasteiger partial charge in [-0.1, -0.05) is 25.4 Å². The Morgan fingerprint density at radius 1 is 1.41 bits per heavy atom. The van der Waals surface area contributed by atoms with Crippen LogP contribution in [0.25, 0.3) is 0 Å². The molecular formula is C15H21ClF3N3. The van der Waals surface area contributed by atoms with Gasteiger partial charge in [0, 0.05) is 36.2 Å². The highest BCUT2D eigenvalue weighted by Crippen LogP contribution is 2.38. The van der Waals surface area contributed by atoms with Gasteiger partial charge in [0.15, 0.2) is 0 Å². The number of halogens is 4. The van der Waals surface area contributed by atoms with E-state index in [4.69, 9.17) is 11.6 Å². The van der Waals surface area contributed by atoms with E-state index in [-0.39, 0.29) is 11.9 Å². The second-order valence-corrected chi connectivity index (χ2v) is 6.50. The average Bonchev–Trinajstić information content (AvgIpc) is 2.88. The van der Waals surface area contributed by atoms with Gasteiger partial charge in [0.05, 0.1) is 0 Å². The summed E-state index contributed by atoms with van der Waals surface area (Å²) in [6, 6.07) is 0.148. The molecule has 0 spiro atoms. The van der Waals surface area contributed by atoms with Gasteiger partial charge in [-0.3, -0.25) is 4.90 Å². The number of hydrogen-bond donors (Lipinski definition) is 1. The Kier molecular flexibility index (Phi) is 4.92. The largest absolute Gasteiger partial charge is 0.430 e. The Morgan fingerprint density at radius 3 is 2.50 bits per heavy atom. The number of nitrogens with zero attached hydrogens (tertiary/aromatic N) is 2. The summed E-state index contributed by atoms with van der Waals surface area (Å²) in [6.45, 7) is 4.60. The lowest BCUT2D eigenvalue weighted by atomic mass is 9.96. The van der Waals surface area contributed by atoms with Gasteiger partial charge in [-0.05, 0) is 25.5 Å². The summed E-state index contributed by atoms with van der Waals surface area (Å²) >= 11 is 6.36. The number of alkyl halides is 3. The van der Waals surface area contributed by atoms with Crippen molar-refractivity contribution in [3.8, 4) is 0 Å². The number of hydrogen-bond acceptors (Lipinski definition) is 3. The molecule has 0 aliphatic carbocycles. The Balaban J connectivity index is 2.28. The van der Waals surface area contributed by atoms with Crippen molar-refractivity contribution < 1.29 is 13.2 Å². The van der Waals surface area contributed by atoms with E-state index in [9.17, 15) is 13.2 Å². The first-order valence-corrected chi connectivity index (χ1v) is 7.68. The van der Waals surface area contributed by atoms with E-state index in [0.717, 1.165) is 13.0 Å². The lowest BCUT2D eigenvalue weighted by Gasteiger charge is -2.18. The summed E-state index contributed by atoms with van der Waals surface area (Å²) in [5, 5.41) is 3.08. The van der Waals surface area contributed by atoms with E-state index in [1.54, 1.807) is 7.05 Å². The molecule has 2 aliphatic heterocycles. The highest BCUT2D eigenvalue weighted by molar-refractivity contribution is 6.32. The molecule has 0 radical (unpaired) electrons. The third kappa shape index (κ3) is 3.33. The average molecular weight is 336 g/mol. The first kappa shape index (κ1) is 17.3. The topological polar surface area (TPSA) is 27.6 Å². The highest BCUT2D eigenvalue weighted by atomic mass is 35.5. The van der Waals surface area contributed by atoms with Gasteiger partial charge in [-0.15, -0.1) is 0 Å². The quantitative estimate of drug-likeness (QED) is 0.854. The van der Waals surface area contributed by atoms with Gasteiger partial charge in [0.25, 0.3) is 0 Å². The molecule has 0 amide bonds. The zero-order chi connectivity index (χ0) is 16.7. The molecule has 1 fully saturated rings. The second-order valence-electron chi connectivity index (χ2n) is 6.09. The molecule has 22 heavy (non-hydrogen) atoms. The van der Waals surface area contributed by atoms with Crippen LogP contribution >= 0.6 is 11.6 Å². The molecule has 1 N–H and O–H groups in total. The zero-order valence-corrected chi connectivity index (χ0v) is 13.9. The minimum atomic E-state index is -4.45. The Labute approximate surface area is 133 Å². The molecule has 7 heteroatoms. The first-order valence-electron chi connectivity index (χ1n) is 7.30. The van der Waals surface area contributed by atoms with E-state index < -0.39 is 17.8 Å². The molecule has 3 nitrogen and oxygen atoms in total. The van der Waals surface area contributed by atoms with Crippen LogP contribution in [0.1, 0.15) is 20.3 Å². The summed E-state index contributed by atoms with van der Waals surface area (Å²) in [7, 11) is 3.55. The van der Waals surface area contributed by atoms with Crippen molar-refractivity contribution in [2.75, 3.05) is 20.6 Å². The van der Waals surface area contributed by atoms with Crippen molar-refractivity contribution in [1.29, 1.82) is 0 Å². The summed E-state index contributed by atoms with van der Waals surface area (Å²) in [4.78, 5) is 5.86. The van der Waals surface area contributed by atoms with Crippen molar-refractivity contribution in [3.05, 3.63) is 22.5 Å². The van der Waals surface area contributed by atoms with Crippen LogP contribution in [0.4, 0.5) is 13.2 Å². The van der Waals surface area contributed by atoms with Crippen LogP contribution in [0.5, 0.6) is 0 Å². The van der Waals surface area contributed by atoms with Gasteiger partial charge in [0.1, 0.15) is 11.5 Å². The normalized spacial score (nSPS) is 31.0. The van der Waals surface area contributed by atoms with Crippen LogP contribution in [-0.4, -0.2) is 43.5 Å². The predicted octanol–water partition coefficient (Wildman–Crippen LogP) is 3.53. The number of likely N-dealkylation sites (N-methyl/N-ethyl adjacent to an activating group) is 1. The maximum Gasteiger partial charge on any atom is 0.430 e. The molecule has 1 saturated heterocycles. The molecule has 0 aromatic carbocycles. The Morgan fingerprint density at radius 2 is 2.05 bits per heavy atom. The predicted molar refractivity (Wildman–Crippen MR) is 82.9 cm³/mol. The van der Waals surface area contributed by atoms with Gasteiger partial charge >= 0.3 is 6.18 Å². The monoisotopic (exact) mass is 335 g/mol. The summed E-state index contributed by atoms with van der Waals surface area (Å²) < 4.78 is 39.1. The van der Waals surface area contributed by atoms with Crippen molar-refractivity contribution >= 4 is 17.3 Å². The molecule has 3 unspecified atom stereocenters. The van der Waals surface area contributed by atoms with Gasteiger partial charge in [-0.25, -0.2) is 4.99 Å².